The van der Waals surface area contributed by atoms with Gasteiger partial charge in [0.2, 0.25) is 0 Å². The van der Waals surface area contributed by atoms with Gasteiger partial charge in [-0.1, -0.05) is 23.7 Å². The van der Waals surface area contributed by atoms with E-state index in [0.717, 1.165) is 30.8 Å². The summed E-state index contributed by atoms with van der Waals surface area (Å²) in [7, 11) is 3.34. The number of pyridine rings is 1. The lowest BCUT2D eigenvalue weighted by molar-refractivity contribution is 0.0538. The number of carbonyl (C=O) groups excluding carboxylic acids is 1. The van der Waals surface area contributed by atoms with Crippen LogP contribution in [0.5, 0.6) is 0 Å². The highest BCUT2D eigenvalue weighted by atomic mass is 35.5. The maximum atomic E-state index is 12.3. The van der Waals surface area contributed by atoms with Gasteiger partial charge in [-0.25, -0.2) is 10.5 Å². The number of benzene rings is 1. The first-order valence-electron chi connectivity index (χ1n) is 9.95. The summed E-state index contributed by atoms with van der Waals surface area (Å²) in [5.74, 6) is 0.251. The Morgan fingerprint density at radius 3 is 2.84 bits per heavy atom. The van der Waals surface area contributed by atoms with E-state index >= 15 is 0 Å². The van der Waals surface area contributed by atoms with Crippen LogP contribution in [0.25, 0.3) is 0 Å². The number of aryl methyl sites for hydroxylation is 1. The Morgan fingerprint density at radius 2 is 2.03 bits per heavy atom. The molecule has 0 saturated heterocycles. The molecule has 1 aromatic carbocycles. The van der Waals surface area contributed by atoms with E-state index in [0.29, 0.717) is 27.8 Å². The molecule has 1 aliphatic heterocycles. The lowest BCUT2D eigenvalue weighted by atomic mass is 10.0. The fraction of sp³-hybridized carbons (Fsp3) is 0.286. The fourth-order valence-electron chi connectivity index (χ4n) is 3.72. The third kappa shape index (κ3) is 4.48. The number of hydrogen-bond donors (Lipinski definition) is 4. The SMILES string of the molecule is CNC1CCCn2ncc(Nc3cc(Nc4ccccc4C(=O)NOC)c(Cl)cn3)c21. The predicted octanol–water partition coefficient (Wildman–Crippen LogP) is 3.76. The van der Waals surface area contributed by atoms with Gasteiger partial charge in [-0.2, -0.15) is 5.10 Å². The first-order valence-corrected chi connectivity index (χ1v) is 10.3. The van der Waals surface area contributed by atoms with Gasteiger partial charge in [0.05, 0.1) is 58.9 Å². The molecule has 1 atom stereocenters. The third-order valence-electron chi connectivity index (χ3n) is 5.18. The number of nitrogens with one attached hydrogen (secondary N) is 4. The second-order valence-corrected chi connectivity index (χ2v) is 7.54. The maximum Gasteiger partial charge on any atom is 0.276 e. The van der Waals surface area contributed by atoms with Crippen molar-refractivity contribution in [2.75, 3.05) is 24.8 Å². The van der Waals surface area contributed by atoms with Crippen LogP contribution in [0.2, 0.25) is 5.02 Å². The van der Waals surface area contributed by atoms with E-state index in [-0.39, 0.29) is 11.9 Å². The number of para-hydroxylation sites is 1. The first-order chi connectivity index (χ1) is 15.1. The smallest absolute Gasteiger partial charge is 0.276 e. The molecule has 0 spiro atoms. The molecule has 3 heterocycles. The van der Waals surface area contributed by atoms with E-state index in [9.17, 15) is 4.79 Å². The molecule has 3 aromatic rings. The van der Waals surface area contributed by atoms with Gasteiger partial charge in [-0.05, 0) is 32.0 Å². The number of halogens is 1. The molecule has 9 nitrogen and oxygen atoms in total. The van der Waals surface area contributed by atoms with Crippen LogP contribution in [0, 0.1) is 0 Å². The minimum Gasteiger partial charge on any atom is -0.353 e. The first kappa shape index (κ1) is 21.1. The van der Waals surface area contributed by atoms with E-state index in [1.165, 1.54) is 7.11 Å². The van der Waals surface area contributed by atoms with Crippen molar-refractivity contribution in [1.82, 2.24) is 25.6 Å². The van der Waals surface area contributed by atoms with Gasteiger partial charge in [0.15, 0.2) is 0 Å². The average molecular weight is 442 g/mol. The van der Waals surface area contributed by atoms with Crippen LogP contribution in [0.4, 0.5) is 22.9 Å². The molecule has 0 radical (unpaired) electrons. The lowest BCUT2D eigenvalue weighted by Gasteiger charge is -2.24. The molecule has 162 valence electrons. The summed E-state index contributed by atoms with van der Waals surface area (Å²) in [5.41, 5.74) is 5.98. The Balaban J connectivity index is 1.60. The van der Waals surface area contributed by atoms with E-state index in [1.54, 1.807) is 30.5 Å². The second kappa shape index (κ2) is 9.34. The van der Waals surface area contributed by atoms with Crippen LogP contribution < -0.4 is 21.4 Å². The zero-order valence-corrected chi connectivity index (χ0v) is 18.0. The number of nitrogens with zero attached hydrogens (tertiary/aromatic N) is 3. The Hall–Kier alpha value is -3.14. The summed E-state index contributed by atoms with van der Waals surface area (Å²) in [4.78, 5) is 21.4. The van der Waals surface area contributed by atoms with Crippen molar-refractivity contribution >= 4 is 40.4 Å². The largest absolute Gasteiger partial charge is 0.353 e. The van der Waals surface area contributed by atoms with Crippen molar-refractivity contribution in [3.63, 3.8) is 0 Å². The van der Waals surface area contributed by atoms with Crippen LogP contribution >= 0.6 is 11.6 Å². The normalized spacial score (nSPS) is 15.3. The zero-order valence-electron chi connectivity index (χ0n) is 17.3. The van der Waals surface area contributed by atoms with Gasteiger partial charge in [0.25, 0.3) is 5.91 Å². The molecular weight excluding hydrogens is 418 g/mol. The highest BCUT2D eigenvalue weighted by Gasteiger charge is 2.24. The second-order valence-electron chi connectivity index (χ2n) is 7.13. The molecule has 1 amide bonds. The number of fused-ring (bicyclic) bond motifs is 1. The molecule has 1 aliphatic rings. The minimum atomic E-state index is -0.362. The van der Waals surface area contributed by atoms with Crippen molar-refractivity contribution in [1.29, 1.82) is 0 Å². The van der Waals surface area contributed by atoms with Crippen molar-refractivity contribution < 1.29 is 9.63 Å². The molecule has 0 saturated carbocycles. The molecule has 4 rings (SSSR count). The number of anilines is 4. The summed E-state index contributed by atoms with van der Waals surface area (Å²) < 4.78 is 2.02. The number of amides is 1. The Kier molecular flexibility index (Phi) is 6.36. The van der Waals surface area contributed by atoms with Gasteiger partial charge in [-0.3, -0.25) is 14.3 Å². The lowest BCUT2D eigenvalue weighted by Crippen LogP contribution is -2.25. The standard InChI is InChI=1S/C21H24ClN7O2/c1-23-16-8-5-9-29-20(16)18(12-25-29)27-19-10-17(14(22)11-24-19)26-15-7-4-3-6-13(15)21(30)28-31-2/h3-4,6-7,10-12,16,23H,5,8-9H2,1-2H3,(H,28,30)(H2,24,26,27). The van der Waals surface area contributed by atoms with Crippen molar-refractivity contribution in [2.24, 2.45) is 0 Å². The summed E-state index contributed by atoms with van der Waals surface area (Å²) in [6.45, 7) is 0.899. The molecule has 10 heteroatoms. The summed E-state index contributed by atoms with van der Waals surface area (Å²) in [5, 5.41) is 14.8. The summed E-state index contributed by atoms with van der Waals surface area (Å²) in [6.07, 6.45) is 5.52. The van der Waals surface area contributed by atoms with Crippen LogP contribution in [-0.4, -0.2) is 34.8 Å². The molecule has 0 bridgehead atoms. The average Bonchev–Trinajstić information content (AvgIpc) is 3.19. The predicted molar refractivity (Wildman–Crippen MR) is 120 cm³/mol. The molecule has 1 unspecified atom stereocenters. The van der Waals surface area contributed by atoms with Gasteiger partial charge in [0, 0.05) is 12.6 Å². The van der Waals surface area contributed by atoms with Crippen LogP contribution in [-0.2, 0) is 11.4 Å². The monoisotopic (exact) mass is 441 g/mol. The van der Waals surface area contributed by atoms with Crippen LogP contribution in [0.15, 0.2) is 42.7 Å². The summed E-state index contributed by atoms with van der Waals surface area (Å²) >= 11 is 6.38. The fourth-order valence-corrected chi connectivity index (χ4v) is 3.87. The van der Waals surface area contributed by atoms with Gasteiger partial charge in [0.1, 0.15) is 5.82 Å². The van der Waals surface area contributed by atoms with Crippen molar-refractivity contribution in [3.05, 3.63) is 59.0 Å². The number of carbonyl (C=O) groups is 1. The molecule has 31 heavy (non-hydrogen) atoms. The minimum absolute atomic E-state index is 0.231. The Bertz CT molecular complexity index is 1090. The number of hydrogen-bond acceptors (Lipinski definition) is 7. The van der Waals surface area contributed by atoms with Gasteiger partial charge >= 0.3 is 0 Å². The van der Waals surface area contributed by atoms with E-state index in [4.69, 9.17) is 16.4 Å². The Morgan fingerprint density at radius 1 is 1.19 bits per heavy atom. The Labute approximate surface area is 185 Å². The van der Waals surface area contributed by atoms with E-state index < -0.39 is 0 Å². The van der Waals surface area contributed by atoms with E-state index in [1.807, 2.05) is 24.0 Å². The topological polar surface area (TPSA) is 105 Å². The van der Waals surface area contributed by atoms with Crippen molar-refractivity contribution in [3.8, 4) is 0 Å². The molecule has 4 N–H and O–H groups in total. The van der Waals surface area contributed by atoms with Crippen LogP contribution in [0.1, 0.15) is 34.9 Å². The molecular formula is C21H24ClN7O2. The number of aromatic nitrogens is 3. The zero-order chi connectivity index (χ0) is 21.8. The molecule has 2 aromatic heterocycles. The van der Waals surface area contributed by atoms with Gasteiger partial charge in [-0.15, -0.1) is 0 Å². The summed E-state index contributed by atoms with van der Waals surface area (Å²) in [6, 6.07) is 9.13. The van der Waals surface area contributed by atoms with E-state index in [2.05, 4.69) is 31.5 Å². The maximum absolute atomic E-state index is 12.3. The molecule has 0 aliphatic carbocycles. The number of rotatable bonds is 7. The quantitative estimate of drug-likeness (QED) is 0.413. The number of hydroxylamine groups is 1. The highest BCUT2D eigenvalue weighted by Crippen LogP contribution is 2.34. The van der Waals surface area contributed by atoms with Gasteiger partial charge < -0.3 is 16.0 Å². The highest BCUT2D eigenvalue weighted by molar-refractivity contribution is 6.33. The molecule has 0 fully saturated rings. The van der Waals surface area contributed by atoms with Crippen molar-refractivity contribution in [2.45, 2.75) is 25.4 Å². The van der Waals surface area contributed by atoms with Crippen LogP contribution in [0.3, 0.4) is 0 Å². The third-order valence-corrected chi connectivity index (χ3v) is 5.48.